The third kappa shape index (κ3) is 4.26. The van der Waals surface area contributed by atoms with Gasteiger partial charge in [-0.05, 0) is 49.7 Å². The Morgan fingerprint density at radius 3 is 3.10 bits per heavy atom. The molecule has 0 bridgehead atoms. The Balaban J connectivity index is 1.19. The van der Waals surface area contributed by atoms with E-state index in [4.69, 9.17) is 9.40 Å². The van der Waals surface area contributed by atoms with Gasteiger partial charge in [-0.3, -0.25) is 14.8 Å². The first-order valence-corrected chi connectivity index (χ1v) is 11.5. The zero-order valence-corrected chi connectivity index (χ0v) is 18.2. The Bertz CT molecular complexity index is 1180. The van der Waals surface area contributed by atoms with Crippen LogP contribution in [-0.2, 0) is 6.54 Å². The normalized spacial score (nSPS) is 17.3. The van der Waals surface area contributed by atoms with Crippen molar-refractivity contribution in [2.45, 2.75) is 26.3 Å². The number of nitrogens with one attached hydrogen (secondary N) is 2. The lowest BCUT2D eigenvalue weighted by atomic mass is 9.97. The number of para-hydroxylation sites is 1. The van der Waals surface area contributed by atoms with E-state index in [1.807, 2.05) is 48.7 Å². The van der Waals surface area contributed by atoms with Gasteiger partial charge >= 0.3 is 0 Å². The van der Waals surface area contributed by atoms with E-state index in [1.54, 1.807) is 11.3 Å². The zero-order chi connectivity index (χ0) is 21.2. The van der Waals surface area contributed by atoms with Crippen molar-refractivity contribution >= 4 is 28.1 Å². The Hall–Kier alpha value is -2.97. The first kappa shape index (κ1) is 20.0. The largest absolute Gasteiger partial charge is 0.440 e. The molecule has 1 aromatic carbocycles. The second kappa shape index (κ2) is 8.64. The maximum Gasteiger partial charge on any atom is 0.272 e. The third-order valence-corrected chi connectivity index (χ3v) is 6.70. The highest BCUT2D eigenvalue weighted by Gasteiger charge is 2.23. The predicted molar refractivity (Wildman–Crippen MR) is 121 cm³/mol. The molecule has 1 amide bonds. The van der Waals surface area contributed by atoms with E-state index in [1.165, 1.54) is 0 Å². The summed E-state index contributed by atoms with van der Waals surface area (Å²) in [6, 6.07) is 11.7. The van der Waals surface area contributed by atoms with Gasteiger partial charge in [0, 0.05) is 25.0 Å². The number of oxazole rings is 1. The SMILES string of the molecule is Cc1oc(-c2cccs2)nc1CN1CCC[C@H](CNC(=O)c2n[nH]c3ccccc23)C1. The lowest BCUT2D eigenvalue weighted by molar-refractivity contribution is 0.0927. The Kier molecular flexibility index (Phi) is 5.57. The number of benzene rings is 1. The number of aromatic nitrogens is 3. The Labute approximate surface area is 184 Å². The van der Waals surface area contributed by atoms with E-state index in [9.17, 15) is 4.79 Å². The number of aryl methyl sites for hydroxylation is 1. The number of carbonyl (C=O) groups is 1. The van der Waals surface area contributed by atoms with Gasteiger partial charge in [-0.25, -0.2) is 4.98 Å². The highest BCUT2D eigenvalue weighted by molar-refractivity contribution is 7.13. The number of hydrogen-bond donors (Lipinski definition) is 2. The highest BCUT2D eigenvalue weighted by Crippen LogP contribution is 2.27. The molecule has 1 atom stereocenters. The Morgan fingerprint density at radius 2 is 2.23 bits per heavy atom. The molecule has 2 N–H and O–H groups in total. The second-order valence-electron chi connectivity index (χ2n) is 8.07. The topological polar surface area (TPSA) is 87.1 Å². The number of carbonyl (C=O) groups excluding carboxylic acids is 1. The standard InChI is InChI=1S/C23H25N5O2S/c1-15-19(25-23(30-15)20-9-5-11-31-20)14-28-10-4-6-16(13-28)12-24-22(29)21-17-7-2-3-8-18(17)26-27-21/h2-3,5,7-9,11,16H,4,6,10,12-14H2,1H3,(H,24,29)(H,26,27)/t16-/m1/s1. The number of hydrogen-bond acceptors (Lipinski definition) is 6. The highest BCUT2D eigenvalue weighted by atomic mass is 32.1. The predicted octanol–water partition coefficient (Wildman–Crippen LogP) is 4.23. The van der Waals surface area contributed by atoms with E-state index in [-0.39, 0.29) is 5.91 Å². The van der Waals surface area contributed by atoms with Crippen molar-refractivity contribution in [2.75, 3.05) is 19.6 Å². The van der Waals surface area contributed by atoms with Gasteiger partial charge in [0.1, 0.15) is 5.76 Å². The summed E-state index contributed by atoms with van der Waals surface area (Å²) in [7, 11) is 0. The van der Waals surface area contributed by atoms with Crippen LogP contribution in [0.5, 0.6) is 0 Å². The van der Waals surface area contributed by atoms with Crippen LogP contribution < -0.4 is 5.32 Å². The van der Waals surface area contributed by atoms with Gasteiger partial charge in [-0.15, -0.1) is 11.3 Å². The minimum absolute atomic E-state index is 0.123. The molecule has 1 aliphatic rings. The molecular formula is C23H25N5O2S. The molecule has 160 valence electrons. The second-order valence-corrected chi connectivity index (χ2v) is 9.02. The number of piperidine rings is 1. The van der Waals surface area contributed by atoms with E-state index in [0.717, 1.165) is 59.7 Å². The molecule has 1 fully saturated rings. The smallest absolute Gasteiger partial charge is 0.272 e. The van der Waals surface area contributed by atoms with Gasteiger partial charge in [0.15, 0.2) is 5.69 Å². The average Bonchev–Trinajstić information content (AvgIpc) is 3.53. The van der Waals surface area contributed by atoms with Gasteiger partial charge in [0.05, 0.1) is 16.1 Å². The summed E-state index contributed by atoms with van der Waals surface area (Å²) in [6.07, 6.45) is 2.22. The lowest BCUT2D eigenvalue weighted by Gasteiger charge is -2.32. The van der Waals surface area contributed by atoms with Crippen LogP contribution >= 0.6 is 11.3 Å². The first-order valence-electron chi connectivity index (χ1n) is 10.6. The lowest BCUT2D eigenvalue weighted by Crippen LogP contribution is -2.40. The fourth-order valence-electron chi connectivity index (χ4n) is 4.21. The first-order chi connectivity index (χ1) is 15.2. The molecule has 0 radical (unpaired) electrons. The molecule has 1 aliphatic heterocycles. The molecular weight excluding hydrogens is 410 g/mol. The summed E-state index contributed by atoms with van der Waals surface area (Å²) in [5, 5.41) is 13.1. The summed E-state index contributed by atoms with van der Waals surface area (Å²) >= 11 is 1.64. The van der Waals surface area contributed by atoms with Crippen LogP contribution in [0.15, 0.2) is 46.2 Å². The average molecular weight is 436 g/mol. The van der Waals surface area contributed by atoms with Crippen LogP contribution in [0.25, 0.3) is 21.7 Å². The number of nitrogens with zero attached hydrogens (tertiary/aromatic N) is 3. The molecule has 31 heavy (non-hydrogen) atoms. The number of thiophene rings is 1. The van der Waals surface area contributed by atoms with Crippen LogP contribution in [0.4, 0.5) is 0 Å². The van der Waals surface area contributed by atoms with E-state index >= 15 is 0 Å². The van der Waals surface area contributed by atoms with Gasteiger partial charge in [-0.2, -0.15) is 5.10 Å². The van der Waals surface area contributed by atoms with Crippen molar-refractivity contribution < 1.29 is 9.21 Å². The van der Waals surface area contributed by atoms with Crippen molar-refractivity contribution in [1.82, 2.24) is 25.4 Å². The fourth-order valence-corrected chi connectivity index (χ4v) is 4.86. The number of aromatic amines is 1. The zero-order valence-electron chi connectivity index (χ0n) is 17.4. The molecule has 0 unspecified atom stereocenters. The van der Waals surface area contributed by atoms with Crippen LogP contribution in [0, 0.1) is 12.8 Å². The fraction of sp³-hybridized carbons (Fsp3) is 0.348. The summed E-state index contributed by atoms with van der Waals surface area (Å²) in [6.45, 7) is 5.37. The van der Waals surface area contributed by atoms with Crippen LogP contribution in [0.3, 0.4) is 0 Å². The number of rotatable bonds is 6. The molecule has 4 aromatic rings. The monoisotopic (exact) mass is 435 g/mol. The summed E-state index contributed by atoms with van der Waals surface area (Å²) < 4.78 is 5.89. The molecule has 0 aliphatic carbocycles. The minimum Gasteiger partial charge on any atom is -0.440 e. The third-order valence-electron chi connectivity index (χ3n) is 5.84. The minimum atomic E-state index is -0.123. The molecule has 4 heterocycles. The summed E-state index contributed by atoms with van der Waals surface area (Å²) in [5.41, 5.74) is 2.33. The van der Waals surface area contributed by atoms with Gasteiger partial charge in [-0.1, -0.05) is 24.3 Å². The van der Waals surface area contributed by atoms with Crippen LogP contribution in [0.2, 0.25) is 0 Å². The van der Waals surface area contributed by atoms with Crippen LogP contribution in [0.1, 0.15) is 34.8 Å². The van der Waals surface area contributed by atoms with E-state index < -0.39 is 0 Å². The van der Waals surface area contributed by atoms with E-state index in [0.29, 0.717) is 24.0 Å². The number of H-pyrrole nitrogens is 1. The molecule has 5 rings (SSSR count). The van der Waals surface area contributed by atoms with Crippen molar-refractivity contribution in [2.24, 2.45) is 5.92 Å². The summed E-state index contributed by atoms with van der Waals surface area (Å²) in [5.74, 6) is 1.87. The van der Waals surface area contributed by atoms with E-state index in [2.05, 4.69) is 20.4 Å². The quantitative estimate of drug-likeness (QED) is 0.473. The van der Waals surface area contributed by atoms with Crippen molar-refractivity contribution in [1.29, 1.82) is 0 Å². The van der Waals surface area contributed by atoms with Crippen molar-refractivity contribution in [3.8, 4) is 10.8 Å². The Morgan fingerprint density at radius 1 is 1.32 bits per heavy atom. The molecule has 1 saturated heterocycles. The number of amides is 1. The molecule has 8 heteroatoms. The molecule has 7 nitrogen and oxygen atoms in total. The molecule has 3 aromatic heterocycles. The molecule has 0 saturated carbocycles. The summed E-state index contributed by atoms with van der Waals surface area (Å²) in [4.78, 5) is 20.9. The van der Waals surface area contributed by atoms with Crippen molar-refractivity contribution in [3.63, 3.8) is 0 Å². The number of fused-ring (bicyclic) bond motifs is 1. The molecule has 0 spiro atoms. The maximum atomic E-state index is 12.7. The van der Waals surface area contributed by atoms with Gasteiger partial charge in [0.25, 0.3) is 5.91 Å². The number of likely N-dealkylation sites (tertiary alicyclic amines) is 1. The van der Waals surface area contributed by atoms with Gasteiger partial charge in [0.2, 0.25) is 5.89 Å². The maximum absolute atomic E-state index is 12.7. The van der Waals surface area contributed by atoms with Crippen LogP contribution in [-0.4, -0.2) is 45.6 Å². The van der Waals surface area contributed by atoms with Crippen molar-refractivity contribution in [3.05, 3.63) is 58.9 Å². The van der Waals surface area contributed by atoms with Gasteiger partial charge < -0.3 is 9.73 Å².